The van der Waals surface area contributed by atoms with Crippen LogP contribution in [0, 0.1) is 0 Å². The fourth-order valence-corrected chi connectivity index (χ4v) is 1.95. The summed E-state index contributed by atoms with van der Waals surface area (Å²) in [5, 5.41) is 8.82. The van der Waals surface area contributed by atoms with Gasteiger partial charge in [-0.3, -0.25) is 9.59 Å². The van der Waals surface area contributed by atoms with E-state index in [1.54, 1.807) is 18.2 Å². The Kier molecular flexibility index (Phi) is 4.35. The van der Waals surface area contributed by atoms with E-state index in [1.165, 1.54) is 17.2 Å². The van der Waals surface area contributed by atoms with E-state index in [0.717, 1.165) is 0 Å². The summed E-state index contributed by atoms with van der Waals surface area (Å²) in [7, 11) is 0. The molecule has 1 aromatic heterocycles. The molecular formula is C13H15NO5. The zero-order chi connectivity index (χ0) is 13.7. The van der Waals surface area contributed by atoms with E-state index in [-0.39, 0.29) is 18.9 Å². The van der Waals surface area contributed by atoms with Gasteiger partial charge in [0.25, 0.3) is 0 Å². The van der Waals surface area contributed by atoms with Crippen LogP contribution in [0.15, 0.2) is 28.9 Å². The second-order valence-electron chi connectivity index (χ2n) is 4.21. The summed E-state index contributed by atoms with van der Waals surface area (Å²) in [6, 6.07) is 3.05. The normalized spacial score (nSPS) is 19.8. The molecule has 1 aliphatic rings. The van der Waals surface area contributed by atoms with Crippen molar-refractivity contribution in [2.45, 2.75) is 12.5 Å². The molecule has 0 aliphatic carbocycles. The molecule has 1 aromatic rings. The van der Waals surface area contributed by atoms with Crippen LogP contribution in [0.3, 0.4) is 0 Å². The highest BCUT2D eigenvalue weighted by Gasteiger charge is 2.27. The quantitative estimate of drug-likeness (QED) is 0.821. The Morgan fingerprint density at radius 2 is 2.37 bits per heavy atom. The molecule has 19 heavy (non-hydrogen) atoms. The molecule has 1 saturated heterocycles. The fourth-order valence-electron chi connectivity index (χ4n) is 1.95. The SMILES string of the molecule is O=C(O)C[C@@H]1COCCN1C(=O)/C=C/c1ccco1. The van der Waals surface area contributed by atoms with E-state index in [0.29, 0.717) is 18.9 Å². The maximum absolute atomic E-state index is 12.0. The van der Waals surface area contributed by atoms with Gasteiger partial charge in [-0.1, -0.05) is 0 Å². The van der Waals surface area contributed by atoms with Crippen molar-refractivity contribution < 1.29 is 23.8 Å². The largest absolute Gasteiger partial charge is 0.481 e. The van der Waals surface area contributed by atoms with Crippen LogP contribution < -0.4 is 0 Å². The number of carbonyl (C=O) groups excluding carboxylic acids is 1. The summed E-state index contributed by atoms with van der Waals surface area (Å²) >= 11 is 0. The standard InChI is InChI=1S/C13H15NO5/c15-12(4-3-11-2-1-6-19-11)14-5-7-18-9-10(14)8-13(16)17/h1-4,6,10H,5,7-9H2,(H,16,17)/b4-3+/t10-/m1/s1. The third-order valence-corrected chi connectivity index (χ3v) is 2.85. The number of ether oxygens (including phenoxy) is 1. The van der Waals surface area contributed by atoms with E-state index in [4.69, 9.17) is 14.3 Å². The lowest BCUT2D eigenvalue weighted by Crippen LogP contribution is -2.49. The number of carbonyl (C=O) groups is 2. The highest BCUT2D eigenvalue weighted by molar-refractivity contribution is 5.92. The van der Waals surface area contributed by atoms with Crippen LogP contribution in [-0.2, 0) is 14.3 Å². The van der Waals surface area contributed by atoms with Crippen LogP contribution in [-0.4, -0.2) is 47.7 Å². The highest BCUT2D eigenvalue weighted by atomic mass is 16.5. The van der Waals surface area contributed by atoms with Crippen molar-refractivity contribution >= 4 is 18.0 Å². The molecule has 6 heteroatoms. The summed E-state index contributed by atoms with van der Waals surface area (Å²) < 4.78 is 10.3. The second-order valence-corrected chi connectivity index (χ2v) is 4.21. The van der Waals surface area contributed by atoms with E-state index >= 15 is 0 Å². The molecule has 1 fully saturated rings. The molecule has 0 saturated carbocycles. The number of aliphatic carboxylic acids is 1. The maximum Gasteiger partial charge on any atom is 0.305 e. The summed E-state index contributed by atoms with van der Waals surface area (Å²) in [6.07, 6.45) is 4.36. The minimum atomic E-state index is -0.941. The average molecular weight is 265 g/mol. The lowest BCUT2D eigenvalue weighted by molar-refractivity contribution is -0.143. The predicted octanol–water partition coefficient (Wildman–Crippen LogP) is 0.995. The number of hydrogen-bond acceptors (Lipinski definition) is 4. The number of nitrogens with zero attached hydrogens (tertiary/aromatic N) is 1. The minimum Gasteiger partial charge on any atom is -0.481 e. The predicted molar refractivity (Wildman–Crippen MR) is 66.3 cm³/mol. The minimum absolute atomic E-state index is 0.111. The molecule has 2 heterocycles. The van der Waals surface area contributed by atoms with Crippen molar-refractivity contribution in [2.75, 3.05) is 19.8 Å². The van der Waals surface area contributed by atoms with Crippen LogP contribution in [0.1, 0.15) is 12.2 Å². The molecule has 6 nitrogen and oxygen atoms in total. The summed E-state index contributed by atoms with van der Waals surface area (Å²) in [5.74, 6) is -0.592. The molecule has 0 bridgehead atoms. The van der Waals surface area contributed by atoms with Gasteiger partial charge in [-0.2, -0.15) is 0 Å². The molecule has 0 aromatic carbocycles. The highest BCUT2D eigenvalue weighted by Crippen LogP contribution is 2.12. The van der Waals surface area contributed by atoms with Crippen molar-refractivity contribution in [1.29, 1.82) is 0 Å². The zero-order valence-corrected chi connectivity index (χ0v) is 10.3. The van der Waals surface area contributed by atoms with Gasteiger partial charge in [0.05, 0.1) is 31.9 Å². The molecular weight excluding hydrogens is 250 g/mol. The van der Waals surface area contributed by atoms with Crippen LogP contribution >= 0.6 is 0 Å². The Balaban J connectivity index is 2.00. The first-order valence-corrected chi connectivity index (χ1v) is 5.98. The smallest absolute Gasteiger partial charge is 0.305 e. The Hall–Kier alpha value is -2.08. The zero-order valence-electron chi connectivity index (χ0n) is 10.3. The third kappa shape index (κ3) is 3.69. The summed E-state index contributed by atoms with van der Waals surface area (Å²) in [6.45, 7) is 1.09. The maximum atomic E-state index is 12.0. The molecule has 102 valence electrons. The van der Waals surface area contributed by atoms with Gasteiger partial charge in [-0.25, -0.2) is 0 Å². The average Bonchev–Trinajstić information content (AvgIpc) is 2.89. The number of carboxylic acid groups (broad SMARTS) is 1. The van der Waals surface area contributed by atoms with Gasteiger partial charge in [-0.05, 0) is 18.2 Å². The number of morpholine rings is 1. The molecule has 0 unspecified atom stereocenters. The molecule has 1 atom stereocenters. The van der Waals surface area contributed by atoms with Gasteiger partial charge in [0.1, 0.15) is 5.76 Å². The monoisotopic (exact) mass is 265 g/mol. The van der Waals surface area contributed by atoms with Crippen LogP contribution in [0.5, 0.6) is 0 Å². The lowest BCUT2D eigenvalue weighted by Gasteiger charge is -2.34. The Bertz CT molecular complexity index is 465. The number of furan rings is 1. The first-order chi connectivity index (χ1) is 9.16. The number of amides is 1. The van der Waals surface area contributed by atoms with Gasteiger partial charge in [0, 0.05) is 12.6 Å². The van der Waals surface area contributed by atoms with Crippen LogP contribution in [0.2, 0.25) is 0 Å². The van der Waals surface area contributed by atoms with Gasteiger partial charge in [0.15, 0.2) is 0 Å². The van der Waals surface area contributed by atoms with Gasteiger partial charge in [-0.15, -0.1) is 0 Å². The van der Waals surface area contributed by atoms with E-state index in [1.807, 2.05) is 0 Å². The van der Waals surface area contributed by atoms with E-state index in [2.05, 4.69) is 0 Å². The van der Waals surface area contributed by atoms with Crippen molar-refractivity contribution in [3.63, 3.8) is 0 Å². The first-order valence-electron chi connectivity index (χ1n) is 5.98. The van der Waals surface area contributed by atoms with E-state index in [9.17, 15) is 9.59 Å². The molecule has 1 N–H and O–H groups in total. The third-order valence-electron chi connectivity index (χ3n) is 2.85. The van der Waals surface area contributed by atoms with Crippen molar-refractivity contribution in [2.24, 2.45) is 0 Å². The van der Waals surface area contributed by atoms with Crippen LogP contribution in [0.4, 0.5) is 0 Å². The number of carboxylic acids is 1. The Morgan fingerprint density at radius 1 is 1.53 bits per heavy atom. The molecule has 1 aliphatic heterocycles. The summed E-state index contributed by atoms with van der Waals surface area (Å²) in [4.78, 5) is 24.3. The van der Waals surface area contributed by atoms with Crippen molar-refractivity contribution in [3.05, 3.63) is 30.2 Å². The van der Waals surface area contributed by atoms with E-state index < -0.39 is 12.0 Å². The van der Waals surface area contributed by atoms with Gasteiger partial charge >= 0.3 is 5.97 Å². The summed E-state index contributed by atoms with van der Waals surface area (Å²) in [5.41, 5.74) is 0. The lowest BCUT2D eigenvalue weighted by atomic mass is 10.1. The topological polar surface area (TPSA) is 80.0 Å². The second kappa shape index (κ2) is 6.19. The van der Waals surface area contributed by atoms with Gasteiger partial charge < -0.3 is 19.2 Å². The number of rotatable bonds is 4. The number of hydrogen-bond donors (Lipinski definition) is 1. The molecule has 1 amide bonds. The Morgan fingerprint density at radius 3 is 3.05 bits per heavy atom. The molecule has 0 radical (unpaired) electrons. The molecule has 0 spiro atoms. The first kappa shape index (κ1) is 13.4. The molecule has 2 rings (SSSR count). The van der Waals surface area contributed by atoms with Crippen LogP contribution in [0.25, 0.3) is 6.08 Å². The van der Waals surface area contributed by atoms with Crippen molar-refractivity contribution in [1.82, 2.24) is 4.90 Å². The van der Waals surface area contributed by atoms with Crippen molar-refractivity contribution in [3.8, 4) is 0 Å². The fraction of sp³-hybridized carbons (Fsp3) is 0.385. The van der Waals surface area contributed by atoms with Gasteiger partial charge in [0.2, 0.25) is 5.91 Å². The Labute approximate surface area is 110 Å².